The normalized spacial score (nSPS) is 8.53. The molecule has 0 aliphatic carbocycles. The van der Waals surface area contributed by atoms with Crippen molar-refractivity contribution in [1.29, 1.82) is 0 Å². The van der Waals surface area contributed by atoms with Gasteiger partial charge in [-0.2, -0.15) is 0 Å². The first-order valence-corrected chi connectivity index (χ1v) is 3.97. The molecule has 0 radical (unpaired) electrons. The molecule has 1 heterocycles. The summed E-state index contributed by atoms with van der Waals surface area (Å²) < 4.78 is 0. The molecule has 0 atom stereocenters. The van der Waals surface area contributed by atoms with Crippen molar-refractivity contribution in [2.75, 3.05) is 5.73 Å². The van der Waals surface area contributed by atoms with E-state index in [4.69, 9.17) is 15.9 Å². The number of carbonyl (C=O) groups is 2. The zero-order chi connectivity index (χ0) is 11.7. The van der Waals surface area contributed by atoms with Crippen LogP contribution in [0.3, 0.4) is 0 Å². The Morgan fingerprint density at radius 1 is 1.20 bits per heavy atom. The van der Waals surface area contributed by atoms with Gasteiger partial charge in [0.1, 0.15) is 5.82 Å². The van der Waals surface area contributed by atoms with Crippen LogP contribution in [0.5, 0.6) is 0 Å². The van der Waals surface area contributed by atoms with E-state index in [2.05, 4.69) is 9.97 Å². The van der Waals surface area contributed by atoms with Crippen molar-refractivity contribution in [3.8, 4) is 0 Å². The van der Waals surface area contributed by atoms with Crippen LogP contribution < -0.4 is 5.73 Å². The van der Waals surface area contributed by atoms with Crippen LogP contribution in [-0.2, 0) is 9.59 Å². The number of anilines is 1. The minimum Gasteiger partial charge on any atom is -0.481 e. The van der Waals surface area contributed by atoms with Gasteiger partial charge in [-0.25, -0.2) is 4.98 Å². The third-order valence-electron chi connectivity index (χ3n) is 1.14. The van der Waals surface area contributed by atoms with Crippen LogP contribution in [0.1, 0.15) is 12.8 Å². The molecule has 4 N–H and O–H groups in total. The highest BCUT2D eigenvalue weighted by Gasteiger charge is 2.00. The molecule has 0 spiro atoms. The number of carboxylic acids is 2. The summed E-state index contributed by atoms with van der Waals surface area (Å²) in [5.41, 5.74) is 5.18. The number of carboxylic acid groups (broad SMARTS) is 2. The van der Waals surface area contributed by atoms with Gasteiger partial charge in [-0.15, -0.1) is 0 Å². The molecule has 7 nitrogen and oxygen atoms in total. The number of hydrogen-bond acceptors (Lipinski definition) is 5. The third-order valence-corrected chi connectivity index (χ3v) is 1.14. The Labute approximate surface area is 85.6 Å². The molecule has 0 aliphatic heterocycles. The Morgan fingerprint density at radius 3 is 1.93 bits per heavy atom. The van der Waals surface area contributed by atoms with E-state index in [1.807, 2.05) is 0 Å². The predicted molar refractivity (Wildman–Crippen MR) is 51.0 cm³/mol. The summed E-state index contributed by atoms with van der Waals surface area (Å²) in [6.07, 6.45) is 4.04. The molecule has 0 amide bonds. The summed E-state index contributed by atoms with van der Waals surface area (Å²) >= 11 is 0. The number of nitrogens with zero attached hydrogens (tertiary/aromatic N) is 2. The fourth-order valence-corrected chi connectivity index (χ4v) is 0.524. The number of aliphatic carboxylic acids is 2. The molecule has 7 heteroatoms. The Morgan fingerprint density at radius 2 is 1.73 bits per heavy atom. The van der Waals surface area contributed by atoms with Gasteiger partial charge in [-0.1, -0.05) is 0 Å². The molecule has 1 rings (SSSR count). The fraction of sp³-hybridized carbons (Fsp3) is 0.250. The van der Waals surface area contributed by atoms with Gasteiger partial charge in [0, 0.05) is 12.4 Å². The van der Waals surface area contributed by atoms with Crippen molar-refractivity contribution in [3.63, 3.8) is 0 Å². The lowest BCUT2D eigenvalue weighted by Crippen LogP contribution is -2.00. The highest BCUT2D eigenvalue weighted by Crippen LogP contribution is 1.86. The number of hydrogen-bond donors (Lipinski definition) is 3. The van der Waals surface area contributed by atoms with Crippen LogP contribution >= 0.6 is 0 Å². The molecule has 1 aromatic heterocycles. The van der Waals surface area contributed by atoms with E-state index >= 15 is 0 Å². The first-order chi connectivity index (χ1) is 7.02. The lowest BCUT2D eigenvalue weighted by Gasteiger charge is -1.85. The summed E-state index contributed by atoms with van der Waals surface area (Å²) in [6.45, 7) is 0. The van der Waals surface area contributed by atoms with Gasteiger partial charge in [-0.05, 0) is 0 Å². The maximum absolute atomic E-state index is 9.64. The predicted octanol–water partition coefficient (Wildman–Crippen LogP) is -0.00540. The smallest absolute Gasteiger partial charge is 0.303 e. The Bertz CT molecular complexity index is 301. The molecule has 82 valence electrons. The molecule has 0 aromatic carbocycles. The third kappa shape index (κ3) is 9.74. The Balaban J connectivity index is 0.000000262. The Kier molecular flexibility index (Phi) is 6.19. The van der Waals surface area contributed by atoms with E-state index in [1.165, 1.54) is 6.20 Å². The van der Waals surface area contributed by atoms with Crippen LogP contribution in [0, 0.1) is 0 Å². The summed E-state index contributed by atoms with van der Waals surface area (Å²) in [6, 6.07) is 0. The second-order valence-corrected chi connectivity index (χ2v) is 2.42. The van der Waals surface area contributed by atoms with Crippen molar-refractivity contribution < 1.29 is 19.8 Å². The lowest BCUT2D eigenvalue weighted by molar-refractivity contribution is -0.143. The second kappa shape index (κ2) is 7.25. The Hall–Kier alpha value is -2.18. The molecule has 0 saturated heterocycles. The molecule has 0 bridgehead atoms. The first-order valence-electron chi connectivity index (χ1n) is 3.97. The average Bonchev–Trinajstić information content (AvgIpc) is 2.17. The van der Waals surface area contributed by atoms with E-state index in [0.717, 1.165) is 0 Å². The zero-order valence-corrected chi connectivity index (χ0v) is 7.83. The van der Waals surface area contributed by atoms with Crippen molar-refractivity contribution in [2.45, 2.75) is 12.8 Å². The van der Waals surface area contributed by atoms with Gasteiger partial charge in [0.15, 0.2) is 0 Å². The van der Waals surface area contributed by atoms with E-state index in [0.29, 0.717) is 5.82 Å². The molecule has 0 saturated carbocycles. The van der Waals surface area contributed by atoms with Gasteiger partial charge in [0.05, 0.1) is 19.0 Å². The van der Waals surface area contributed by atoms with Crippen molar-refractivity contribution in [3.05, 3.63) is 18.6 Å². The number of aromatic nitrogens is 2. The molecule has 0 fully saturated rings. The van der Waals surface area contributed by atoms with E-state index in [1.54, 1.807) is 12.4 Å². The van der Waals surface area contributed by atoms with Gasteiger partial charge in [-0.3, -0.25) is 14.6 Å². The van der Waals surface area contributed by atoms with Crippen molar-refractivity contribution in [2.24, 2.45) is 0 Å². The largest absolute Gasteiger partial charge is 0.481 e. The molecular formula is C8H11N3O4. The van der Waals surface area contributed by atoms with Crippen LogP contribution in [-0.4, -0.2) is 32.1 Å². The summed E-state index contributed by atoms with van der Waals surface area (Å²) in [5.74, 6) is -1.69. The standard InChI is InChI=1S/C4H5N3.C4H6O4/c5-4-3-6-1-2-7-4;5-3(6)1-2-4(7)8/h1-3H,(H2,5,7);1-2H2,(H,5,6)(H,7,8). The monoisotopic (exact) mass is 213 g/mol. The van der Waals surface area contributed by atoms with E-state index < -0.39 is 11.9 Å². The van der Waals surface area contributed by atoms with E-state index in [-0.39, 0.29) is 12.8 Å². The number of nitrogens with two attached hydrogens (primary N) is 1. The summed E-state index contributed by atoms with van der Waals surface area (Å²) in [7, 11) is 0. The maximum Gasteiger partial charge on any atom is 0.303 e. The quantitative estimate of drug-likeness (QED) is 0.644. The second-order valence-electron chi connectivity index (χ2n) is 2.42. The first kappa shape index (κ1) is 12.8. The minimum atomic E-state index is -1.08. The maximum atomic E-state index is 9.64. The number of nitrogen functional groups attached to an aromatic ring is 1. The SMILES string of the molecule is Nc1cnccn1.O=C(O)CCC(=O)O. The van der Waals surface area contributed by atoms with Gasteiger partial charge in [0.25, 0.3) is 0 Å². The van der Waals surface area contributed by atoms with Crippen LogP contribution in [0.15, 0.2) is 18.6 Å². The number of rotatable bonds is 3. The highest BCUT2D eigenvalue weighted by molar-refractivity contribution is 5.75. The van der Waals surface area contributed by atoms with Gasteiger partial charge < -0.3 is 15.9 Å². The van der Waals surface area contributed by atoms with E-state index in [9.17, 15) is 9.59 Å². The zero-order valence-electron chi connectivity index (χ0n) is 7.83. The highest BCUT2D eigenvalue weighted by atomic mass is 16.4. The summed E-state index contributed by atoms with van der Waals surface area (Å²) in [4.78, 5) is 26.7. The van der Waals surface area contributed by atoms with Crippen LogP contribution in [0.4, 0.5) is 5.82 Å². The molecular weight excluding hydrogens is 202 g/mol. The minimum absolute atomic E-state index is 0.296. The fourth-order valence-electron chi connectivity index (χ4n) is 0.524. The topological polar surface area (TPSA) is 126 Å². The van der Waals surface area contributed by atoms with Gasteiger partial charge in [0.2, 0.25) is 0 Å². The van der Waals surface area contributed by atoms with Crippen LogP contribution in [0.25, 0.3) is 0 Å². The lowest BCUT2D eigenvalue weighted by atomic mass is 10.3. The average molecular weight is 213 g/mol. The molecule has 15 heavy (non-hydrogen) atoms. The molecule has 0 aliphatic rings. The van der Waals surface area contributed by atoms with Crippen molar-refractivity contribution >= 4 is 17.8 Å². The van der Waals surface area contributed by atoms with Gasteiger partial charge >= 0.3 is 11.9 Å². The molecule has 1 aromatic rings. The molecule has 0 unspecified atom stereocenters. The van der Waals surface area contributed by atoms with Crippen LogP contribution in [0.2, 0.25) is 0 Å². The summed E-state index contributed by atoms with van der Waals surface area (Å²) in [5, 5.41) is 15.8. The van der Waals surface area contributed by atoms with Crippen molar-refractivity contribution in [1.82, 2.24) is 9.97 Å².